The van der Waals surface area contributed by atoms with E-state index < -0.39 is 23.6 Å². The summed E-state index contributed by atoms with van der Waals surface area (Å²) in [7, 11) is 1.19. The van der Waals surface area contributed by atoms with Crippen LogP contribution < -0.4 is 0 Å². The largest absolute Gasteiger partial charge is 0.478 e. The monoisotopic (exact) mass is 316 g/mol. The molecule has 2 aliphatic rings. The number of esters is 1. The van der Waals surface area contributed by atoms with Gasteiger partial charge in [0, 0.05) is 12.0 Å². The van der Waals surface area contributed by atoms with Crippen molar-refractivity contribution in [2.75, 3.05) is 7.11 Å². The lowest BCUT2D eigenvalue weighted by molar-refractivity contribution is -0.139. The van der Waals surface area contributed by atoms with E-state index >= 15 is 0 Å². The Morgan fingerprint density at radius 1 is 1.30 bits per heavy atom. The molecule has 2 unspecified atom stereocenters. The summed E-state index contributed by atoms with van der Waals surface area (Å²) in [6, 6.07) is 8.66. The van der Waals surface area contributed by atoms with Gasteiger partial charge in [-0.3, -0.25) is 4.79 Å². The number of carbonyl (C=O) groups excluding carboxylic acids is 2. The fourth-order valence-electron chi connectivity index (χ4n) is 3.39. The van der Waals surface area contributed by atoms with Crippen LogP contribution in [0.3, 0.4) is 0 Å². The molecular weight excluding hydrogens is 300 g/mol. The molecule has 2 atom stereocenters. The van der Waals surface area contributed by atoms with Crippen LogP contribution in [-0.4, -0.2) is 41.6 Å². The number of aliphatic carboxylic acids is 1. The van der Waals surface area contributed by atoms with Gasteiger partial charge in [-0.05, 0) is 12.8 Å². The second-order valence-corrected chi connectivity index (χ2v) is 5.69. The molecule has 0 spiro atoms. The molecular formula is C17H16O6. The summed E-state index contributed by atoms with van der Waals surface area (Å²) in [6.45, 7) is 0. The first-order valence-corrected chi connectivity index (χ1v) is 7.31. The summed E-state index contributed by atoms with van der Waals surface area (Å²) in [4.78, 5) is 36.1. The number of carboxylic acids is 1. The standard InChI is InChI=1S/C17H16O6/c1-22-16(21)14-13(15(19)20)12-7-8-17(14,23-12)9-11(18)10-5-3-2-4-6-10/h2-6,12H,7-9H2,1H3,(H,19,20). The van der Waals surface area contributed by atoms with Gasteiger partial charge in [-0.25, -0.2) is 9.59 Å². The Bertz CT molecular complexity index is 705. The molecule has 1 saturated heterocycles. The van der Waals surface area contributed by atoms with Crippen LogP contribution in [0, 0.1) is 0 Å². The summed E-state index contributed by atoms with van der Waals surface area (Å²) < 4.78 is 10.5. The Labute approximate surface area is 132 Å². The lowest BCUT2D eigenvalue weighted by atomic mass is 9.78. The molecule has 0 saturated carbocycles. The molecule has 0 aromatic heterocycles. The Morgan fingerprint density at radius 3 is 2.61 bits per heavy atom. The average Bonchev–Trinajstić information content (AvgIpc) is 3.10. The van der Waals surface area contributed by atoms with Crippen molar-refractivity contribution in [3.63, 3.8) is 0 Å². The molecule has 1 fully saturated rings. The van der Waals surface area contributed by atoms with E-state index in [2.05, 4.69) is 0 Å². The van der Waals surface area contributed by atoms with E-state index in [1.54, 1.807) is 30.3 Å². The van der Waals surface area contributed by atoms with Gasteiger partial charge in [0.2, 0.25) is 0 Å². The average molecular weight is 316 g/mol. The highest BCUT2D eigenvalue weighted by atomic mass is 16.5. The second kappa shape index (κ2) is 5.62. The Kier molecular flexibility index (Phi) is 3.77. The van der Waals surface area contributed by atoms with Gasteiger partial charge in [0.1, 0.15) is 5.60 Å². The number of methoxy groups -OCH3 is 1. The van der Waals surface area contributed by atoms with Crippen molar-refractivity contribution in [3.8, 4) is 0 Å². The quantitative estimate of drug-likeness (QED) is 0.657. The van der Waals surface area contributed by atoms with Crippen molar-refractivity contribution in [2.24, 2.45) is 0 Å². The lowest BCUT2D eigenvalue weighted by Crippen LogP contribution is -2.36. The summed E-state index contributed by atoms with van der Waals surface area (Å²) in [5.41, 5.74) is -0.794. The molecule has 120 valence electrons. The van der Waals surface area contributed by atoms with Crippen LogP contribution in [0.1, 0.15) is 29.6 Å². The van der Waals surface area contributed by atoms with Crippen molar-refractivity contribution in [2.45, 2.75) is 31.0 Å². The maximum atomic E-state index is 12.5. The van der Waals surface area contributed by atoms with Gasteiger partial charge >= 0.3 is 11.9 Å². The third-order valence-electron chi connectivity index (χ3n) is 4.39. The Hall–Kier alpha value is -2.47. The van der Waals surface area contributed by atoms with Crippen LogP contribution >= 0.6 is 0 Å². The zero-order chi connectivity index (χ0) is 16.6. The van der Waals surface area contributed by atoms with Gasteiger partial charge in [0.25, 0.3) is 0 Å². The van der Waals surface area contributed by atoms with E-state index in [1.807, 2.05) is 0 Å². The number of ether oxygens (including phenoxy) is 2. The summed E-state index contributed by atoms with van der Waals surface area (Å²) >= 11 is 0. The van der Waals surface area contributed by atoms with Gasteiger partial charge in [-0.15, -0.1) is 0 Å². The summed E-state index contributed by atoms with van der Waals surface area (Å²) in [6.07, 6.45) is 0.168. The second-order valence-electron chi connectivity index (χ2n) is 5.69. The molecule has 0 radical (unpaired) electrons. The first kappa shape index (κ1) is 15.4. The van der Waals surface area contributed by atoms with E-state index in [9.17, 15) is 19.5 Å². The van der Waals surface area contributed by atoms with E-state index in [0.29, 0.717) is 18.4 Å². The van der Waals surface area contributed by atoms with E-state index in [-0.39, 0.29) is 23.4 Å². The highest BCUT2D eigenvalue weighted by Crippen LogP contribution is 2.50. The van der Waals surface area contributed by atoms with Crippen LogP contribution in [0.4, 0.5) is 0 Å². The van der Waals surface area contributed by atoms with Gasteiger partial charge in [0.15, 0.2) is 5.78 Å². The molecule has 6 nitrogen and oxygen atoms in total. The highest BCUT2D eigenvalue weighted by Gasteiger charge is 2.57. The molecule has 0 amide bonds. The first-order chi connectivity index (χ1) is 11.0. The van der Waals surface area contributed by atoms with Crippen LogP contribution in [0.15, 0.2) is 41.5 Å². The highest BCUT2D eigenvalue weighted by molar-refractivity contribution is 6.05. The lowest BCUT2D eigenvalue weighted by Gasteiger charge is -2.26. The Balaban J connectivity index is 1.98. The molecule has 2 heterocycles. The number of carboxylic acid groups (broad SMARTS) is 1. The van der Waals surface area contributed by atoms with Crippen LogP contribution in [0.2, 0.25) is 0 Å². The SMILES string of the molecule is COC(=O)C1=C(C(=O)O)C2CCC1(CC(=O)c1ccccc1)O2. The molecule has 1 aromatic rings. The number of ketones is 1. The van der Waals surface area contributed by atoms with Gasteiger partial charge < -0.3 is 14.6 Å². The van der Waals surface area contributed by atoms with Gasteiger partial charge in [0.05, 0.1) is 24.4 Å². The van der Waals surface area contributed by atoms with E-state index in [1.165, 1.54) is 7.11 Å². The predicted molar refractivity (Wildman–Crippen MR) is 78.9 cm³/mol. The molecule has 6 heteroatoms. The van der Waals surface area contributed by atoms with Gasteiger partial charge in [-0.2, -0.15) is 0 Å². The first-order valence-electron chi connectivity index (χ1n) is 7.31. The van der Waals surface area contributed by atoms with Crippen LogP contribution in [-0.2, 0) is 19.1 Å². The minimum Gasteiger partial charge on any atom is -0.478 e. The normalized spacial score (nSPS) is 25.5. The number of fused-ring (bicyclic) bond motifs is 2. The van der Waals surface area contributed by atoms with E-state index in [0.717, 1.165) is 0 Å². The molecule has 1 N–H and O–H groups in total. The number of carbonyl (C=O) groups is 3. The molecule has 3 rings (SSSR count). The number of rotatable bonds is 5. The fraction of sp³-hybridized carbons (Fsp3) is 0.353. The maximum Gasteiger partial charge on any atom is 0.337 e. The summed E-state index contributed by atoms with van der Waals surface area (Å²) in [5, 5.41) is 9.39. The Morgan fingerprint density at radius 2 is 2.00 bits per heavy atom. The fourth-order valence-corrected chi connectivity index (χ4v) is 3.39. The van der Waals surface area contributed by atoms with Crippen molar-refractivity contribution in [1.82, 2.24) is 0 Å². The summed E-state index contributed by atoms with van der Waals surface area (Å²) in [5.74, 6) is -2.14. The molecule has 2 aliphatic heterocycles. The zero-order valence-electron chi connectivity index (χ0n) is 12.6. The number of Topliss-reactive ketones (excluding diaryl/α,β-unsaturated/α-hetero) is 1. The maximum absolute atomic E-state index is 12.5. The number of hydrogen-bond donors (Lipinski definition) is 1. The minimum absolute atomic E-state index is 0.0203. The molecule has 23 heavy (non-hydrogen) atoms. The van der Waals surface area contributed by atoms with Crippen molar-refractivity contribution in [1.29, 1.82) is 0 Å². The molecule has 2 bridgehead atoms. The van der Waals surface area contributed by atoms with Gasteiger partial charge in [-0.1, -0.05) is 30.3 Å². The van der Waals surface area contributed by atoms with Crippen molar-refractivity contribution < 1.29 is 29.0 Å². The predicted octanol–water partition coefficient (Wildman–Crippen LogP) is 1.75. The third-order valence-corrected chi connectivity index (χ3v) is 4.39. The number of hydrogen-bond acceptors (Lipinski definition) is 5. The molecule has 0 aliphatic carbocycles. The van der Waals surface area contributed by atoms with Crippen molar-refractivity contribution in [3.05, 3.63) is 47.0 Å². The molecule has 1 aromatic carbocycles. The topological polar surface area (TPSA) is 89.9 Å². The third kappa shape index (κ3) is 2.45. The number of benzene rings is 1. The van der Waals surface area contributed by atoms with E-state index in [4.69, 9.17) is 9.47 Å². The van der Waals surface area contributed by atoms with Crippen LogP contribution in [0.25, 0.3) is 0 Å². The van der Waals surface area contributed by atoms with Crippen molar-refractivity contribution >= 4 is 17.7 Å². The minimum atomic E-state index is -1.20. The zero-order valence-corrected chi connectivity index (χ0v) is 12.6. The van der Waals surface area contributed by atoms with Crippen LogP contribution in [0.5, 0.6) is 0 Å². The smallest absolute Gasteiger partial charge is 0.337 e.